The molecule has 0 radical (unpaired) electrons. The second kappa shape index (κ2) is 8.63. The maximum Gasteiger partial charge on any atom is 0.261 e. The first kappa shape index (κ1) is 21.2. The number of aryl methyl sites for hydroxylation is 1. The highest BCUT2D eigenvalue weighted by Crippen LogP contribution is 2.34. The van der Waals surface area contributed by atoms with E-state index in [1.165, 1.54) is 5.56 Å². The third kappa shape index (κ3) is 5.39. The van der Waals surface area contributed by atoms with Crippen molar-refractivity contribution in [2.24, 2.45) is 0 Å². The van der Waals surface area contributed by atoms with Crippen molar-refractivity contribution in [3.05, 3.63) is 83.9 Å². The summed E-state index contributed by atoms with van der Waals surface area (Å²) in [7, 11) is -3.72. The van der Waals surface area contributed by atoms with Crippen molar-refractivity contribution in [2.45, 2.75) is 43.6 Å². The summed E-state index contributed by atoms with van der Waals surface area (Å²) in [6, 6.07) is 22.1. The van der Waals surface area contributed by atoms with E-state index in [0.29, 0.717) is 18.0 Å². The molecule has 0 bridgehead atoms. The summed E-state index contributed by atoms with van der Waals surface area (Å²) < 4.78 is 40.3. The molecule has 31 heavy (non-hydrogen) atoms. The zero-order valence-electron chi connectivity index (χ0n) is 17.8. The number of nitrogens with one attached hydrogen (secondary N) is 1. The molecule has 1 aliphatic heterocycles. The number of anilines is 1. The molecular weight excluding hydrogens is 410 g/mol. The van der Waals surface area contributed by atoms with Crippen molar-refractivity contribution in [2.75, 3.05) is 11.3 Å². The van der Waals surface area contributed by atoms with E-state index in [1.54, 1.807) is 36.4 Å². The van der Waals surface area contributed by atoms with Gasteiger partial charge in [0, 0.05) is 12.5 Å². The molecule has 0 amide bonds. The van der Waals surface area contributed by atoms with Crippen LogP contribution in [0.2, 0.25) is 0 Å². The van der Waals surface area contributed by atoms with Gasteiger partial charge in [0.05, 0.1) is 17.2 Å². The van der Waals surface area contributed by atoms with Crippen molar-refractivity contribution in [1.29, 1.82) is 0 Å². The van der Waals surface area contributed by atoms with E-state index < -0.39 is 10.0 Å². The molecule has 0 unspecified atom stereocenters. The fourth-order valence-electron chi connectivity index (χ4n) is 3.60. The van der Waals surface area contributed by atoms with Crippen LogP contribution in [-0.2, 0) is 22.9 Å². The van der Waals surface area contributed by atoms with E-state index in [-0.39, 0.29) is 10.5 Å². The Hall–Kier alpha value is -2.99. The topological polar surface area (TPSA) is 64.6 Å². The first-order chi connectivity index (χ1) is 14.8. The largest absolute Gasteiger partial charge is 0.493 e. The lowest BCUT2D eigenvalue weighted by molar-refractivity contribution is 0.0845. The summed E-state index contributed by atoms with van der Waals surface area (Å²) in [5, 5.41) is 0. The average molecular weight is 438 g/mol. The molecular formula is C25H27NO4S. The van der Waals surface area contributed by atoms with Crippen LogP contribution in [-0.4, -0.2) is 20.6 Å². The minimum Gasteiger partial charge on any atom is -0.493 e. The summed E-state index contributed by atoms with van der Waals surface area (Å²) in [5.74, 6) is 1.38. The Morgan fingerprint density at radius 1 is 1.00 bits per heavy atom. The van der Waals surface area contributed by atoms with Crippen LogP contribution in [0.3, 0.4) is 0 Å². The van der Waals surface area contributed by atoms with Gasteiger partial charge in [0.15, 0.2) is 0 Å². The molecule has 1 aliphatic rings. The van der Waals surface area contributed by atoms with Gasteiger partial charge in [-0.3, -0.25) is 4.72 Å². The second-order valence-electron chi connectivity index (χ2n) is 8.35. The van der Waals surface area contributed by atoms with Crippen molar-refractivity contribution in [3.63, 3.8) is 0 Å². The molecule has 1 N–H and O–H groups in total. The molecule has 0 aromatic heterocycles. The van der Waals surface area contributed by atoms with Gasteiger partial charge in [0.1, 0.15) is 17.1 Å². The van der Waals surface area contributed by atoms with Gasteiger partial charge in [-0.05, 0) is 68.1 Å². The molecule has 0 saturated heterocycles. The van der Waals surface area contributed by atoms with Crippen LogP contribution < -0.4 is 14.2 Å². The van der Waals surface area contributed by atoms with Crippen LogP contribution in [0.5, 0.6) is 11.5 Å². The number of benzene rings is 3. The van der Waals surface area contributed by atoms with Crippen molar-refractivity contribution in [3.8, 4) is 11.5 Å². The summed E-state index contributed by atoms with van der Waals surface area (Å²) in [6.07, 6.45) is 2.42. The van der Waals surface area contributed by atoms with Gasteiger partial charge < -0.3 is 9.47 Å². The SMILES string of the molecule is CC1(C)CCc2cc(S(=O)(=O)Nc3cccc(OCCc4ccccc4)c3)ccc2O1. The molecule has 3 aromatic rings. The average Bonchev–Trinajstić information content (AvgIpc) is 2.73. The molecule has 4 rings (SSSR count). The van der Waals surface area contributed by atoms with Gasteiger partial charge in [-0.15, -0.1) is 0 Å². The first-order valence-electron chi connectivity index (χ1n) is 10.4. The van der Waals surface area contributed by atoms with Crippen molar-refractivity contribution >= 4 is 15.7 Å². The fourth-order valence-corrected chi connectivity index (χ4v) is 4.70. The van der Waals surface area contributed by atoms with E-state index in [4.69, 9.17) is 9.47 Å². The molecule has 0 fully saturated rings. The molecule has 3 aromatic carbocycles. The molecule has 1 heterocycles. The normalized spacial score (nSPS) is 14.9. The maximum atomic E-state index is 12.9. The number of fused-ring (bicyclic) bond motifs is 1. The van der Waals surface area contributed by atoms with Gasteiger partial charge in [0.25, 0.3) is 10.0 Å². The minimum atomic E-state index is -3.72. The lowest BCUT2D eigenvalue weighted by atomic mass is 9.94. The Bertz CT molecular complexity index is 1160. The van der Waals surface area contributed by atoms with E-state index in [0.717, 1.165) is 30.6 Å². The third-order valence-corrected chi connectivity index (χ3v) is 6.69. The highest BCUT2D eigenvalue weighted by molar-refractivity contribution is 7.92. The lowest BCUT2D eigenvalue weighted by Gasteiger charge is -2.32. The summed E-state index contributed by atoms with van der Waals surface area (Å²) >= 11 is 0. The summed E-state index contributed by atoms with van der Waals surface area (Å²) in [6.45, 7) is 4.59. The van der Waals surface area contributed by atoms with Crippen LogP contribution in [0.1, 0.15) is 31.4 Å². The Morgan fingerprint density at radius 2 is 1.81 bits per heavy atom. The fraction of sp³-hybridized carbons (Fsp3) is 0.280. The summed E-state index contributed by atoms with van der Waals surface area (Å²) in [4.78, 5) is 0.227. The Morgan fingerprint density at radius 3 is 2.61 bits per heavy atom. The standard InChI is InChI=1S/C25H27NO4S/c1-25(2)15-13-20-17-23(11-12-24(20)30-25)31(27,28)26-21-9-6-10-22(18-21)29-16-14-19-7-4-3-5-8-19/h3-12,17-18,26H,13-16H2,1-2H3. The van der Waals surface area contributed by atoms with Crippen LogP contribution in [0.4, 0.5) is 5.69 Å². The number of hydrogen-bond donors (Lipinski definition) is 1. The highest BCUT2D eigenvalue weighted by Gasteiger charge is 2.27. The molecule has 0 aliphatic carbocycles. The second-order valence-corrected chi connectivity index (χ2v) is 10.0. The van der Waals surface area contributed by atoms with Gasteiger partial charge in [0.2, 0.25) is 0 Å². The Kier molecular flexibility index (Phi) is 5.92. The van der Waals surface area contributed by atoms with E-state index in [9.17, 15) is 8.42 Å². The smallest absolute Gasteiger partial charge is 0.261 e. The van der Waals surface area contributed by atoms with Crippen LogP contribution >= 0.6 is 0 Å². The van der Waals surface area contributed by atoms with Gasteiger partial charge >= 0.3 is 0 Å². The molecule has 0 atom stereocenters. The van der Waals surface area contributed by atoms with Gasteiger partial charge in [-0.25, -0.2) is 8.42 Å². The lowest BCUT2D eigenvalue weighted by Crippen LogP contribution is -2.32. The Balaban J connectivity index is 1.43. The predicted octanol–water partition coefficient (Wildman–Crippen LogP) is 5.21. The van der Waals surface area contributed by atoms with Crippen molar-refractivity contribution in [1.82, 2.24) is 0 Å². The molecule has 0 saturated carbocycles. The zero-order chi connectivity index (χ0) is 21.9. The zero-order valence-corrected chi connectivity index (χ0v) is 18.6. The molecule has 162 valence electrons. The Labute approximate surface area is 184 Å². The van der Waals surface area contributed by atoms with Crippen LogP contribution in [0, 0.1) is 0 Å². The van der Waals surface area contributed by atoms with Gasteiger partial charge in [-0.2, -0.15) is 0 Å². The highest BCUT2D eigenvalue weighted by atomic mass is 32.2. The number of sulfonamides is 1. The number of ether oxygens (including phenoxy) is 2. The van der Waals surface area contributed by atoms with Crippen LogP contribution in [0.15, 0.2) is 77.7 Å². The number of hydrogen-bond acceptors (Lipinski definition) is 4. The van der Waals surface area contributed by atoms with E-state index in [1.807, 2.05) is 38.1 Å². The van der Waals surface area contributed by atoms with Crippen molar-refractivity contribution < 1.29 is 17.9 Å². The van der Waals surface area contributed by atoms with E-state index in [2.05, 4.69) is 16.9 Å². The maximum absolute atomic E-state index is 12.9. The monoisotopic (exact) mass is 437 g/mol. The third-order valence-electron chi connectivity index (χ3n) is 5.31. The first-order valence-corrected chi connectivity index (χ1v) is 11.9. The predicted molar refractivity (Wildman–Crippen MR) is 122 cm³/mol. The minimum absolute atomic E-state index is 0.227. The number of rotatable bonds is 7. The molecule has 0 spiro atoms. The summed E-state index contributed by atoms with van der Waals surface area (Å²) in [5.41, 5.74) is 2.35. The quantitative estimate of drug-likeness (QED) is 0.551. The van der Waals surface area contributed by atoms with Gasteiger partial charge in [-0.1, -0.05) is 36.4 Å². The molecule has 6 heteroatoms. The van der Waals surface area contributed by atoms with Crippen LogP contribution in [0.25, 0.3) is 0 Å². The molecule has 5 nitrogen and oxygen atoms in total. The van der Waals surface area contributed by atoms with E-state index >= 15 is 0 Å².